The highest BCUT2D eigenvalue weighted by Crippen LogP contribution is 2.23. The van der Waals surface area contributed by atoms with E-state index in [-0.39, 0.29) is 11.3 Å². The number of carbonyl (C=O) groups is 1. The van der Waals surface area contributed by atoms with Crippen molar-refractivity contribution >= 4 is 11.6 Å². The van der Waals surface area contributed by atoms with Crippen molar-refractivity contribution in [3.8, 4) is 0 Å². The maximum absolute atomic E-state index is 12.8. The second kappa shape index (κ2) is 6.93. The zero-order valence-electron chi connectivity index (χ0n) is 14.9. The minimum absolute atomic E-state index is 0.121. The average Bonchev–Trinajstić information content (AvgIpc) is 3.01. The van der Waals surface area contributed by atoms with Crippen LogP contribution in [-0.2, 0) is 12.0 Å². The minimum Gasteiger partial charge on any atom is -0.321 e. The van der Waals surface area contributed by atoms with Crippen molar-refractivity contribution in [1.82, 2.24) is 9.78 Å². The van der Waals surface area contributed by atoms with Gasteiger partial charge in [0.25, 0.3) is 5.91 Å². The molecule has 4 nitrogen and oxygen atoms in total. The second-order valence-corrected chi connectivity index (χ2v) is 7.13. The van der Waals surface area contributed by atoms with Crippen molar-refractivity contribution in [2.75, 3.05) is 5.32 Å². The quantitative estimate of drug-likeness (QED) is 0.765. The van der Waals surface area contributed by atoms with Gasteiger partial charge in [0.2, 0.25) is 0 Å². The van der Waals surface area contributed by atoms with E-state index in [0.29, 0.717) is 12.2 Å². The van der Waals surface area contributed by atoms with Crippen molar-refractivity contribution < 1.29 is 4.79 Å². The fourth-order valence-corrected chi connectivity index (χ4v) is 2.56. The zero-order chi connectivity index (χ0) is 17.9. The molecule has 3 aromatic rings. The van der Waals surface area contributed by atoms with Crippen LogP contribution in [0.15, 0.2) is 66.7 Å². The third-order valence-corrected chi connectivity index (χ3v) is 3.99. The first-order valence-corrected chi connectivity index (χ1v) is 8.42. The van der Waals surface area contributed by atoms with Crippen LogP contribution < -0.4 is 5.32 Å². The molecule has 0 spiro atoms. The van der Waals surface area contributed by atoms with E-state index in [1.165, 1.54) is 0 Å². The van der Waals surface area contributed by atoms with Crippen LogP contribution in [0.3, 0.4) is 0 Å². The lowest BCUT2D eigenvalue weighted by molar-refractivity contribution is 0.101. The fraction of sp³-hybridized carbons (Fsp3) is 0.238. The standard InChI is InChI=1S/C21H23N3O/c1-21(2,3)19-14-18(20(25)22-17-12-8-5-9-13-17)24(23-19)15-16-10-6-4-7-11-16/h4-14H,15H2,1-3H3,(H,22,25). The van der Waals surface area contributed by atoms with Crippen LogP contribution in [0, 0.1) is 0 Å². The summed E-state index contributed by atoms with van der Waals surface area (Å²) in [6.07, 6.45) is 0. The molecule has 0 saturated heterocycles. The largest absolute Gasteiger partial charge is 0.321 e. The Kier molecular flexibility index (Phi) is 4.70. The molecular formula is C21H23N3O. The summed E-state index contributed by atoms with van der Waals surface area (Å²) in [5, 5.41) is 7.64. The topological polar surface area (TPSA) is 46.9 Å². The number of aromatic nitrogens is 2. The molecule has 1 N–H and O–H groups in total. The molecule has 0 aliphatic carbocycles. The van der Waals surface area contributed by atoms with Gasteiger partial charge in [-0.3, -0.25) is 9.48 Å². The predicted molar refractivity (Wildman–Crippen MR) is 101 cm³/mol. The lowest BCUT2D eigenvalue weighted by atomic mass is 9.92. The van der Waals surface area contributed by atoms with Crippen LogP contribution in [0.5, 0.6) is 0 Å². The Morgan fingerprint density at radius 1 is 1.00 bits per heavy atom. The van der Waals surface area contributed by atoms with E-state index < -0.39 is 0 Å². The van der Waals surface area contributed by atoms with E-state index in [1.807, 2.05) is 66.7 Å². The molecule has 1 heterocycles. The first-order chi connectivity index (χ1) is 11.9. The second-order valence-electron chi connectivity index (χ2n) is 7.13. The molecule has 0 saturated carbocycles. The molecule has 1 aromatic heterocycles. The average molecular weight is 333 g/mol. The van der Waals surface area contributed by atoms with E-state index >= 15 is 0 Å². The number of hydrogen-bond acceptors (Lipinski definition) is 2. The molecule has 2 aromatic carbocycles. The first kappa shape index (κ1) is 17.0. The van der Waals surface area contributed by atoms with Gasteiger partial charge in [-0.25, -0.2) is 0 Å². The molecule has 1 amide bonds. The molecule has 0 radical (unpaired) electrons. The molecule has 0 unspecified atom stereocenters. The third-order valence-electron chi connectivity index (χ3n) is 3.99. The Balaban J connectivity index is 1.93. The molecule has 0 fully saturated rings. The molecule has 4 heteroatoms. The summed E-state index contributed by atoms with van der Waals surface area (Å²) >= 11 is 0. The number of benzene rings is 2. The van der Waals surface area contributed by atoms with Gasteiger partial charge in [-0.1, -0.05) is 69.3 Å². The van der Waals surface area contributed by atoms with Gasteiger partial charge in [0, 0.05) is 11.1 Å². The van der Waals surface area contributed by atoms with Crippen molar-refractivity contribution in [2.24, 2.45) is 0 Å². The van der Waals surface area contributed by atoms with Gasteiger partial charge in [0.05, 0.1) is 12.2 Å². The summed E-state index contributed by atoms with van der Waals surface area (Å²) in [7, 11) is 0. The summed E-state index contributed by atoms with van der Waals surface area (Å²) in [5.41, 5.74) is 3.24. The van der Waals surface area contributed by atoms with Crippen LogP contribution in [0.2, 0.25) is 0 Å². The maximum atomic E-state index is 12.8. The van der Waals surface area contributed by atoms with Crippen molar-refractivity contribution in [3.63, 3.8) is 0 Å². The number of amides is 1. The molecule has 0 atom stereocenters. The Morgan fingerprint density at radius 2 is 1.60 bits per heavy atom. The number of nitrogens with one attached hydrogen (secondary N) is 1. The highest BCUT2D eigenvalue weighted by molar-refractivity contribution is 6.03. The van der Waals surface area contributed by atoms with Gasteiger partial charge >= 0.3 is 0 Å². The molecule has 0 aliphatic rings. The number of rotatable bonds is 4. The van der Waals surface area contributed by atoms with Crippen molar-refractivity contribution in [2.45, 2.75) is 32.7 Å². The summed E-state index contributed by atoms with van der Waals surface area (Å²) < 4.78 is 1.79. The highest BCUT2D eigenvalue weighted by atomic mass is 16.2. The lowest BCUT2D eigenvalue weighted by Crippen LogP contribution is -2.18. The van der Waals surface area contributed by atoms with E-state index in [9.17, 15) is 4.79 Å². The number of anilines is 1. The van der Waals surface area contributed by atoms with E-state index in [0.717, 1.165) is 16.9 Å². The van der Waals surface area contributed by atoms with Gasteiger partial charge in [0.1, 0.15) is 5.69 Å². The van der Waals surface area contributed by atoms with E-state index in [2.05, 4.69) is 26.1 Å². The third kappa shape index (κ3) is 4.15. The smallest absolute Gasteiger partial charge is 0.273 e. The van der Waals surface area contributed by atoms with Crippen LogP contribution in [-0.4, -0.2) is 15.7 Å². The number of carbonyl (C=O) groups excluding carboxylic acids is 1. The van der Waals surface area contributed by atoms with Crippen LogP contribution >= 0.6 is 0 Å². The Bertz CT molecular complexity index is 846. The van der Waals surface area contributed by atoms with E-state index in [1.54, 1.807) is 4.68 Å². The van der Waals surface area contributed by atoms with Gasteiger partial charge < -0.3 is 5.32 Å². The molecule has 0 aliphatic heterocycles. The monoisotopic (exact) mass is 333 g/mol. The highest BCUT2D eigenvalue weighted by Gasteiger charge is 2.23. The van der Waals surface area contributed by atoms with Crippen molar-refractivity contribution in [3.05, 3.63) is 83.7 Å². The minimum atomic E-state index is -0.148. The Morgan fingerprint density at radius 3 is 2.20 bits per heavy atom. The summed E-state index contributed by atoms with van der Waals surface area (Å²) in [6, 6.07) is 21.4. The molecule has 3 rings (SSSR count). The number of para-hydroxylation sites is 1. The molecule has 128 valence electrons. The fourth-order valence-electron chi connectivity index (χ4n) is 2.56. The SMILES string of the molecule is CC(C)(C)c1cc(C(=O)Nc2ccccc2)n(Cc2ccccc2)n1. The normalized spacial score (nSPS) is 11.3. The van der Waals surface area contributed by atoms with Crippen LogP contribution in [0.1, 0.15) is 42.5 Å². The number of nitrogens with zero attached hydrogens (tertiary/aromatic N) is 2. The molecule has 25 heavy (non-hydrogen) atoms. The summed E-state index contributed by atoms with van der Waals surface area (Å²) in [5.74, 6) is -0.148. The maximum Gasteiger partial charge on any atom is 0.273 e. The van der Waals surface area contributed by atoms with Gasteiger partial charge in [-0.2, -0.15) is 5.10 Å². The summed E-state index contributed by atoms with van der Waals surface area (Å²) in [6.45, 7) is 6.86. The molecule has 0 bridgehead atoms. The van der Waals surface area contributed by atoms with Crippen LogP contribution in [0.4, 0.5) is 5.69 Å². The lowest BCUT2D eigenvalue weighted by Gasteiger charge is -2.14. The van der Waals surface area contributed by atoms with Crippen molar-refractivity contribution in [1.29, 1.82) is 0 Å². The Labute approximate surface area is 148 Å². The van der Waals surface area contributed by atoms with Gasteiger partial charge in [-0.05, 0) is 23.8 Å². The van der Waals surface area contributed by atoms with Gasteiger partial charge in [0.15, 0.2) is 0 Å². The zero-order valence-corrected chi connectivity index (χ0v) is 14.9. The van der Waals surface area contributed by atoms with Crippen LogP contribution in [0.25, 0.3) is 0 Å². The van der Waals surface area contributed by atoms with E-state index in [4.69, 9.17) is 5.10 Å². The number of hydrogen-bond donors (Lipinski definition) is 1. The Hall–Kier alpha value is -2.88. The first-order valence-electron chi connectivity index (χ1n) is 8.42. The summed E-state index contributed by atoms with van der Waals surface area (Å²) in [4.78, 5) is 12.8. The van der Waals surface area contributed by atoms with Gasteiger partial charge in [-0.15, -0.1) is 0 Å². The predicted octanol–water partition coefficient (Wildman–Crippen LogP) is 4.48. The molecular weight excluding hydrogens is 310 g/mol.